The molecule has 0 saturated carbocycles. The number of benzene rings is 1. The quantitative estimate of drug-likeness (QED) is 0.784. The summed E-state index contributed by atoms with van der Waals surface area (Å²) in [5.74, 6) is 0.349. The summed E-state index contributed by atoms with van der Waals surface area (Å²) in [6, 6.07) is 7.23. The van der Waals surface area contributed by atoms with Crippen molar-refractivity contribution in [2.24, 2.45) is 5.73 Å². The molecule has 1 fully saturated rings. The van der Waals surface area contributed by atoms with Crippen molar-refractivity contribution in [2.45, 2.75) is 31.8 Å². The first-order valence-electron chi connectivity index (χ1n) is 7.54. The molecule has 0 bridgehead atoms. The Hall–Kier alpha value is -1.59. The molecule has 3 N–H and O–H groups in total. The zero-order valence-corrected chi connectivity index (χ0v) is 12.3. The van der Waals surface area contributed by atoms with Crippen LogP contribution in [0.25, 0.3) is 0 Å². The Bertz CT molecular complexity index is 441. The minimum Gasteiger partial charge on any atom is -0.491 e. The van der Waals surface area contributed by atoms with Crippen LogP contribution in [0.1, 0.15) is 24.8 Å². The number of piperidine rings is 1. The van der Waals surface area contributed by atoms with Crippen LogP contribution in [0.4, 0.5) is 0 Å². The first-order valence-corrected chi connectivity index (χ1v) is 7.54. The van der Waals surface area contributed by atoms with E-state index in [1.807, 2.05) is 12.1 Å². The molecule has 2 rings (SSSR count). The molecular formula is C16H24N2O3. The van der Waals surface area contributed by atoms with Crippen LogP contribution in [-0.2, 0) is 11.2 Å². The number of primary amides is 1. The van der Waals surface area contributed by atoms with E-state index in [-0.39, 0.29) is 18.9 Å². The van der Waals surface area contributed by atoms with Crippen LogP contribution in [0.5, 0.6) is 5.75 Å². The highest BCUT2D eigenvalue weighted by Gasteiger charge is 2.14. The van der Waals surface area contributed by atoms with Crippen molar-refractivity contribution >= 4 is 5.91 Å². The van der Waals surface area contributed by atoms with Gasteiger partial charge in [-0.25, -0.2) is 0 Å². The lowest BCUT2D eigenvalue weighted by molar-refractivity contribution is -0.117. The van der Waals surface area contributed by atoms with E-state index >= 15 is 0 Å². The zero-order chi connectivity index (χ0) is 15.1. The highest BCUT2D eigenvalue weighted by atomic mass is 16.5. The van der Waals surface area contributed by atoms with Gasteiger partial charge in [0.2, 0.25) is 5.91 Å². The third-order valence-corrected chi connectivity index (χ3v) is 3.66. The second kappa shape index (κ2) is 8.00. The maximum atomic E-state index is 10.8. The van der Waals surface area contributed by atoms with E-state index in [2.05, 4.69) is 4.90 Å². The zero-order valence-electron chi connectivity index (χ0n) is 12.3. The van der Waals surface area contributed by atoms with Crippen molar-refractivity contribution in [3.05, 3.63) is 29.8 Å². The Morgan fingerprint density at radius 1 is 1.24 bits per heavy atom. The summed E-state index contributed by atoms with van der Waals surface area (Å²) in [5, 5.41) is 10.0. The second-order valence-corrected chi connectivity index (χ2v) is 5.61. The number of hydrogen-bond donors (Lipinski definition) is 2. The van der Waals surface area contributed by atoms with Gasteiger partial charge in [0.25, 0.3) is 0 Å². The molecular weight excluding hydrogens is 268 g/mol. The fourth-order valence-corrected chi connectivity index (χ4v) is 2.59. The van der Waals surface area contributed by atoms with Gasteiger partial charge in [-0.15, -0.1) is 0 Å². The van der Waals surface area contributed by atoms with Crippen LogP contribution < -0.4 is 10.5 Å². The number of hydrogen-bond acceptors (Lipinski definition) is 4. The van der Waals surface area contributed by atoms with Crippen molar-refractivity contribution in [3.8, 4) is 5.75 Å². The van der Waals surface area contributed by atoms with Gasteiger partial charge in [0, 0.05) is 6.54 Å². The molecule has 1 amide bonds. The van der Waals surface area contributed by atoms with Gasteiger partial charge >= 0.3 is 0 Å². The van der Waals surface area contributed by atoms with Crippen LogP contribution >= 0.6 is 0 Å². The molecule has 0 aliphatic carbocycles. The fraction of sp³-hybridized carbons (Fsp3) is 0.562. The van der Waals surface area contributed by atoms with Crippen molar-refractivity contribution < 1.29 is 14.6 Å². The van der Waals surface area contributed by atoms with Crippen LogP contribution in [0, 0.1) is 0 Å². The second-order valence-electron chi connectivity index (χ2n) is 5.61. The predicted molar refractivity (Wildman–Crippen MR) is 81.1 cm³/mol. The Kier molecular flexibility index (Phi) is 6.02. The number of ether oxygens (including phenoxy) is 1. The number of aliphatic hydroxyl groups excluding tert-OH is 1. The van der Waals surface area contributed by atoms with Gasteiger partial charge in [-0.05, 0) is 43.6 Å². The van der Waals surface area contributed by atoms with Gasteiger partial charge in [0.1, 0.15) is 18.5 Å². The van der Waals surface area contributed by atoms with Gasteiger partial charge in [-0.3, -0.25) is 4.79 Å². The lowest BCUT2D eigenvalue weighted by atomic mass is 10.1. The molecule has 0 radical (unpaired) electrons. The Morgan fingerprint density at radius 2 is 1.90 bits per heavy atom. The molecule has 1 aromatic rings. The minimum absolute atomic E-state index is 0.234. The smallest absolute Gasteiger partial charge is 0.221 e. The lowest BCUT2D eigenvalue weighted by Crippen LogP contribution is -2.38. The molecule has 1 atom stereocenters. The summed E-state index contributed by atoms with van der Waals surface area (Å²) < 4.78 is 5.58. The predicted octanol–water partition coefficient (Wildman–Crippen LogP) is 0.940. The summed E-state index contributed by atoms with van der Waals surface area (Å²) in [6.45, 7) is 3.09. The van der Waals surface area contributed by atoms with Crippen molar-refractivity contribution in [2.75, 3.05) is 26.2 Å². The molecule has 1 saturated heterocycles. The largest absolute Gasteiger partial charge is 0.491 e. The number of carbonyl (C=O) groups excluding carboxylic acids is 1. The average Bonchev–Trinajstić information content (AvgIpc) is 2.47. The molecule has 5 nitrogen and oxygen atoms in total. The monoisotopic (exact) mass is 292 g/mol. The molecule has 116 valence electrons. The van der Waals surface area contributed by atoms with E-state index in [9.17, 15) is 9.90 Å². The molecule has 0 spiro atoms. The van der Waals surface area contributed by atoms with Gasteiger partial charge in [-0.1, -0.05) is 18.6 Å². The van der Waals surface area contributed by atoms with E-state index in [1.54, 1.807) is 12.1 Å². The number of nitrogens with zero attached hydrogens (tertiary/aromatic N) is 1. The maximum absolute atomic E-state index is 10.8. The molecule has 0 aromatic heterocycles. The standard InChI is InChI=1S/C16H24N2O3/c17-16(20)10-13-4-6-15(7-5-13)21-12-14(19)11-18-8-2-1-3-9-18/h4-7,14,19H,1-3,8-12H2,(H2,17,20)/t14-/m1/s1. The third kappa shape index (κ3) is 5.73. The maximum Gasteiger partial charge on any atom is 0.221 e. The highest BCUT2D eigenvalue weighted by Crippen LogP contribution is 2.14. The van der Waals surface area contributed by atoms with Gasteiger partial charge in [0.05, 0.1) is 6.42 Å². The first kappa shape index (κ1) is 15.8. The summed E-state index contributed by atoms with van der Waals surface area (Å²) in [5.41, 5.74) is 6.01. The van der Waals surface area contributed by atoms with Crippen LogP contribution in [0.15, 0.2) is 24.3 Å². The number of aliphatic hydroxyl groups is 1. The summed E-state index contributed by atoms with van der Waals surface area (Å²) >= 11 is 0. The lowest BCUT2D eigenvalue weighted by Gasteiger charge is -2.28. The Balaban J connectivity index is 1.72. The topological polar surface area (TPSA) is 75.8 Å². The van der Waals surface area contributed by atoms with E-state index in [1.165, 1.54) is 19.3 Å². The van der Waals surface area contributed by atoms with Crippen LogP contribution in [0.2, 0.25) is 0 Å². The number of amides is 1. The summed E-state index contributed by atoms with van der Waals surface area (Å²) in [6.07, 6.45) is 3.48. The molecule has 21 heavy (non-hydrogen) atoms. The number of carbonyl (C=O) groups is 1. The van der Waals surface area contributed by atoms with Crippen LogP contribution in [0.3, 0.4) is 0 Å². The summed E-state index contributed by atoms with van der Waals surface area (Å²) in [4.78, 5) is 13.1. The molecule has 1 aliphatic heterocycles. The SMILES string of the molecule is NC(=O)Cc1ccc(OC[C@H](O)CN2CCCCC2)cc1. The van der Waals surface area contributed by atoms with E-state index in [4.69, 9.17) is 10.5 Å². The molecule has 0 unspecified atom stereocenters. The minimum atomic E-state index is -0.478. The van der Waals surface area contributed by atoms with Gasteiger partial charge in [0.15, 0.2) is 0 Å². The number of rotatable bonds is 7. The van der Waals surface area contributed by atoms with Crippen LogP contribution in [-0.4, -0.2) is 48.3 Å². The number of β-amino-alcohol motifs (C(OH)–C–C–N with tert-alkyl or cyclic N) is 1. The Morgan fingerprint density at radius 3 is 2.52 bits per heavy atom. The van der Waals surface area contributed by atoms with E-state index in [0.29, 0.717) is 12.3 Å². The number of nitrogens with two attached hydrogens (primary N) is 1. The van der Waals surface area contributed by atoms with E-state index in [0.717, 1.165) is 18.7 Å². The van der Waals surface area contributed by atoms with E-state index < -0.39 is 6.10 Å². The third-order valence-electron chi connectivity index (χ3n) is 3.66. The fourth-order valence-electron chi connectivity index (χ4n) is 2.59. The van der Waals surface area contributed by atoms with Gasteiger partial charge < -0.3 is 20.5 Å². The first-order chi connectivity index (χ1) is 10.1. The molecule has 5 heteroatoms. The normalized spacial score (nSPS) is 17.4. The molecule has 1 heterocycles. The van der Waals surface area contributed by atoms with Crippen molar-refractivity contribution in [1.82, 2.24) is 4.90 Å². The summed E-state index contributed by atoms with van der Waals surface area (Å²) in [7, 11) is 0. The van der Waals surface area contributed by atoms with Crippen molar-refractivity contribution in [1.29, 1.82) is 0 Å². The van der Waals surface area contributed by atoms with Crippen molar-refractivity contribution in [3.63, 3.8) is 0 Å². The Labute approximate surface area is 125 Å². The number of likely N-dealkylation sites (tertiary alicyclic amines) is 1. The average molecular weight is 292 g/mol. The molecule has 1 aliphatic rings. The molecule has 1 aromatic carbocycles. The van der Waals surface area contributed by atoms with Gasteiger partial charge in [-0.2, -0.15) is 0 Å². The highest BCUT2D eigenvalue weighted by molar-refractivity contribution is 5.76.